The molecule has 3 atom stereocenters. The molecule has 0 aromatic heterocycles. The Bertz CT molecular complexity index is 484. The van der Waals surface area contributed by atoms with E-state index in [1.807, 2.05) is 6.92 Å². The Hall–Kier alpha value is -1.49. The number of hydrogen-bond donors (Lipinski definition) is 1. The van der Waals surface area contributed by atoms with Crippen molar-refractivity contribution in [1.29, 1.82) is 0 Å². The molecule has 1 N–H and O–H groups in total. The van der Waals surface area contributed by atoms with Crippen LogP contribution in [0.4, 0.5) is 8.78 Å². The molecule has 3 nitrogen and oxygen atoms in total. The Kier molecular flexibility index (Phi) is 4.38. The molecule has 1 aliphatic rings. The molecular formula is C15H20F2N2O. The maximum Gasteiger partial charge on any atom is 0.223 e. The van der Waals surface area contributed by atoms with E-state index in [0.29, 0.717) is 5.92 Å². The average molecular weight is 282 g/mol. The normalized spacial score (nSPS) is 22.7. The minimum atomic E-state index is -0.585. The molecule has 0 heterocycles. The molecule has 0 bridgehead atoms. The number of carbonyl (C=O) groups is 1. The SMILES string of the molecule is C[C@@H]1C[C@H]1C(=O)NC[C@@H](c1c(F)cccc1F)N(C)C. The van der Waals surface area contributed by atoms with Gasteiger partial charge < -0.3 is 10.2 Å². The lowest BCUT2D eigenvalue weighted by atomic mass is 10.0. The fraction of sp³-hybridized carbons (Fsp3) is 0.533. The molecule has 5 heteroatoms. The molecule has 1 saturated carbocycles. The highest BCUT2D eigenvalue weighted by Gasteiger charge is 2.39. The third kappa shape index (κ3) is 3.15. The monoisotopic (exact) mass is 282 g/mol. The molecule has 1 aromatic carbocycles. The van der Waals surface area contributed by atoms with E-state index in [1.165, 1.54) is 18.2 Å². The second kappa shape index (κ2) is 5.87. The fourth-order valence-corrected chi connectivity index (χ4v) is 2.39. The minimum Gasteiger partial charge on any atom is -0.354 e. The summed E-state index contributed by atoms with van der Waals surface area (Å²) >= 11 is 0. The minimum absolute atomic E-state index is 0.00152. The molecule has 20 heavy (non-hydrogen) atoms. The first kappa shape index (κ1) is 14.9. The van der Waals surface area contributed by atoms with Gasteiger partial charge in [-0.25, -0.2) is 8.78 Å². The number of halogens is 2. The van der Waals surface area contributed by atoms with Gasteiger partial charge in [-0.3, -0.25) is 4.79 Å². The smallest absolute Gasteiger partial charge is 0.223 e. The van der Waals surface area contributed by atoms with Crippen LogP contribution in [0.15, 0.2) is 18.2 Å². The lowest BCUT2D eigenvalue weighted by Crippen LogP contribution is -2.36. The maximum absolute atomic E-state index is 13.8. The molecule has 0 saturated heterocycles. The Morgan fingerprint density at radius 3 is 2.40 bits per heavy atom. The van der Waals surface area contributed by atoms with E-state index >= 15 is 0 Å². The van der Waals surface area contributed by atoms with Crippen LogP contribution in [-0.2, 0) is 4.79 Å². The number of nitrogens with zero attached hydrogens (tertiary/aromatic N) is 1. The van der Waals surface area contributed by atoms with Gasteiger partial charge in [0.25, 0.3) is 0 Å². The van der Waals surface area contributed by atoms with Crippen molar-refractivity contribution in [2.24, 2.45) is 11.8 Å². The van der Waals surface area contributed by atoms with Crippen LogP contribution in [0.3, 0.4) is 0 Å². The summed E-state index contributed by atoms with van der Waals surface area (Å²) in [5.74, 6) is -0.724. The molecule has 0 unspecified atom stereocenters. The van der Waals surface area contributed by atoms with Gasteiger partial charge in [-0.15, -0.1) is 0 Å². The number of amides is 1. The standard InChI is InChI=1S/C15H20F2N2O/c1-9-7-10(9)15(20)18-8-13(19(2)3)14-11(16)5-4-6-12(14)17/h4-6,9-10,13H,7-8H2,1-3H3,(H,18,20)/t9-,10-,13+/m1/s1. The number of benzene rings is 1. The third-order valence-electron chi connectivity index (χ3n) is 3.87. The highest BCUT2D eigenvalue weighted by molar-refractivity contribution is 5.81. The number of rotatable bonds is 5. The molecule has 1 aromatic rings. The van der Waals surface area contributed by atoms with Crippen molar-refractivity contribution in [3.8, 4) is 0 Å². The first-order valence-corrected chi connectivity index (χ1v) is 6.80. The van der Waals surface area contributed by atoms with E-state index in [1.54, 1.807) is 19.0 Å². The predicted molar refractivity (Wildman–Crippen MR) is 73.1 cm³/mol. The van der Waals surface area contributed by atoms with Crippen LogP contribution in [0, 0.1) is 23.5 Å². The van der Waals surface area contributed by atoms with Gasteiger partial charge in [0.15, 0.2) is 0 Å². The van der Waals surface area contributed by atoms with E-state index in [-0.39, 0.29) is 23.9 Å². The van der Waals surface area contributed by atoms with Gasteiger partial charge in [0.2, 0.25) is 5.91 Å². The van der Waals surface area contributed by atoms with E-state index in [0.717, 1.165) is 6.42 Å². The molecule has 0 radical (unpaired) electrons. The molecule has 2 rings (SSSR count). The summed E-state index contributed by atoms with van der Waals surface area (Å²) in [7, 11) is 3.48. The van der Waals surface area contributed by atoms with E-state index in [4.69, 9.17) is 0 Å². The zero-order chi connectivity index (χ0) is 14.9. The highest BCUT2D eigenvalue weighted by atomic mass is 19.1. The van der Waals surface area contributed by atoms with Crippen molar-refractivity contribution in [3.63, 3.8) is 0 Å². The van der Waals surface area contributed by atoms with Crippen molar-refractivity contribution in [2.75, 3.05) is 20.6 Å². The largest absolute Gasteiger partial charge is 0.354 e. The van der Waals surface area contributed by atoms with Crippen LogP contribution >= 0.6 is 0 Å². The third-order valence-corrected chi connectivity index (χ3v) is 3.87. The molecule has 110 valence electrons. The van der Waals surface area contributed by atoms with Gasteiger partial charge in [-0.1, -0.05) is 13.0 Å². The van der Waals surface area contributed by atoms with Gasteiger partial charge in [0, 0.05) is 18.0 Å². The summed E-state index contributed by atoms with van der Waals surface area (Å²) in [5, 5.41) is 2.80. The number of nitrogens with one attached hydrogen (secondary N) is 1. The zero-order valence-electron chi connectivity index (χ0n) is 12.0. The number of likely N-dealkylation sites (N-methyl/N-ethyl adjacent to an activating group) is 1. The summed E-state index contributed by atoms with van der Waals surface area (Å²) in [4.78, 5) is 13.5. The molecule has 1 aliphatic carbocycles. The molecular weight excluding hydrogens is 262 g/mol. The van der Waals surface area contributed by atoms with Crippen LogP contribution in [0.1, 0.15) is 24.9 Å². The van der Waals surface area contributed by atoms with Crippen LogP contribution in [0.25, 0.3) is 0 Å². The quantitative estimate of drug-likeness (QED) is 0.899. The Morgan fingerprint density at radius 2 is 1.95 bits per heavy atom. The second-order valence-electron chi connectivity index (χ2n) is 5.68. The van der Waals surface area contributed by atoms with Gasteiger partial charge in [-0.05, 0) is 38.6 Å². The highest BCUT2D eigenvalue weighted by Crippen LogP contribution is 2.37. The van der Waals surface area contributed by atoms with Crippen molar-refractivity contribution < 1.29 is 13.6 Å². The van der Waals surface area contributed by atoms with Crippen LogP contribution in [0.2, 0.25) is 0 Å². The topological polar surface area (TPSA) is 32.3 Å². The van der Waals surface area contributed by atoms with E-state index in [2.05, 4.69) is 5.32 Å². The van der Waals surface area contributed by atoms with Crippen molar-refractivity contribution in [3.05, 3.63) is 35.4 Å². The summed E-state index contributed by atoms with van der Waals surface area (Å²) in [5.41, 5.74) is 0.00152. The maximum atomic E-state index is 13.8. The first-order chi connectivity index (χ1) is 9.41. The van der Waals surface area contributed by atoms with Crippen LogP contribution in [0.5, 0.6) is 0 Å². The molecule has 0 spiro atoms. The van der Waals surface area contributed by atoms with Crippen molar-refractivity contribution in [2.45, 2.75) is 19.4 Å². The Labute approximate surface area is 118 Å². The van der Waals surface area contributed by atoms with Crippen LogP contribution < -0.4 is 5.32 Å². The second-order valence-corrected chi connectivity index (χ2v) is 5.68. The van der Waals surface area contributed by atoms with Gasteiger partial charge in [0.1, 0.15) is 11.6 Å². The predicted octanol–water partition coefficient (Wildman–Crippen LogP) is 2.34. The molecule has 0 aliphatic heterocycles. The summed E-state index contributed by atoms with van der Waals surface area (Å²) in [6.07, 6.45) is 0.895. The number of hydrogen-bond acceptors (Lipinski definition) is 2. The van der Waals surface area contributed by atoms with E-state index < -0.39 is 17.7 Å². The lowest BCUT2D eigenvalue weighted by molar-refractivity contribution is -0.122. The summed E-state index contributed by atoms with van der Waals surface area (Å²) in [6.45, 7) is 2.22. The Balaban J connectivity index is 2.09. The van der Waals surface area contributed by atoms with Crippen molar-refractivity contribution in [1.82, 2.24) is 10.2 Å². The molecule has 1 fully saturated rings. The molecule has 1 amide bonds. The summed E-state index contributed by atoms with van der Waals surface area (Å²) in [6, 6.07) is 3.29. The Morgan fingerprint density at radius 1 is 1.40 bits per heavy atom. The first-order valence-electron chi connectivity index (χ1n) is 6.80. The van der Waals surface area contributed by atoms with Crippen molar-refractivity contribution >= 4 is 5.91 Å². The van der Waals surface area contributed by atoms with Gasteiger partial charge in [0.05, 0.1) is 6.04 Å². The van der Waals surface area contributed by atoms with Crippen LogP contribution in [-0.4, -0.2) is 31.4 Å². The van der Waals surface area contributed by atoms with Gasteiger partial charge in [-0.2, -0.15) is 0 Å². The van der Waals surface area contributed by atoms with E-state index in [9.17, 15) is 13.6 Å². The van der Waals surface area contributed by atoms with Gasteiger partial charge >= 0.3 is 0 Å². The lowest BCUT2D eigenvalue weighted by Gasteiger charge is -2.25. The summed E-state index contributed by atoms with van der Waals surface area (Å²) < 4.78 is 27.7. The zero-order valence-corrected chi connectivity index (χ0v) is 12.0. The number of carbonyl (C=O) groups excluding carboxylic acids is 1. The average Bonchev–Trinajstić information content (AvgIpc) is 3.09. The fourth-order valence-electron chi connectivity index (χ4n) is 2.39.